The number of rotatable bonds is 5. The van der Waals surface area contributed by atoms with E-state index in [-0.39, 0.29) is 17.0 Å². The monoisotopic (exact) mass is 382 g/mol. The molecular formula is C20H19ClN4O2. The van der Waals surface area contributed by atoms with Gasteiger partial charge in [-0.2, -0.15) is 5.10 Å². The molecule has 3 rings (SSSR count). The summed E-state index contributed by atoms with van der Waals surface area (Å²) in [7, 11) is 0. The second kappa shape index (κ2) is 8.05. The van der Waals surface area contributed by atoms with Crippen molar-refractivity contribution in [1.29, 1.82) is 0 Å². The van der Waals surface area contributed by atoms with Crippen LogP contribution in [0.2, 0.25) is 5.15 Å². The molecule has 0 bridgehead atoms. The Labute approximate surface area is 162 Å². The van der Waals surface area contributed by atoms with Gasteiger partial charge in [-0.25, -0.2) is 4.68 Å². The number of nitrogens with one attached hydrogen (secondary N) is 2. The molecule has 2 amide bonds. The smallest absolute Gasteiger partial charge is 0.260 e. The molecule has 2 aromatic carbocycles. The minimum absolute atomic E-state index is 0.195. The zero-order valence-electron chi connectivity index (χ0n) is 15.0. The minimum Gasteiger partial charge on any atom is -0.352 e. The highest BCUT2D eigenvalue weighted by Gasteiger charge is 2.21. The summed E-state index contributed by atoms with van der Waals surface area (Å²) in [5, 5.41) is 10.1. The predicted molar refractivity (Wildman–Crippen MR) is 106 cm³/mol. The standard InChI is InChI=1S/C20H19ClN4O2/c1-3-22-19(26)14-8-7-9-15(12-14)23-20(27)17-13(2)24-25(18(17)21)16-10-5-4-6-11-16/h4-12H,3H2,1-2H3,(H,22,26)(H,23,27). The fourth-order valence-corrected chi connectivity index (χ4v) is 3.05. The second-order valence-electron chi connectivity index (χ2n) is 5.89. The molecule has 0 saturated heterocycles. The summed E-state index contributed by atoms with van der Waals surface area (Å²) in [6.07, 6.45) is 0. The van der Waals surface area contributed by atoms with Crippen LogP contribution in [0.5, 0.6) is 0 Å². The Morgan fingerprint density at radius 1 is 1.07 bits per heavy atom. The molecule has 0 unspecified atom stereocenters. The Balaban J connectivity index is 1.86. The zero-order chi connectivity index (χ0) is 19.4. The highest BCUT2D eigenvalue weighted by molar-refractivity contribution is 6.34. The van der Waals surface area contributed by atoms with E-state index in [1.165, 1.54) is 4.68 Å². The van der Waals surface area contributed by atoms with Crippen LogP contribution in [0, 0.1) is 6.92 Å². The van der Waals surface area contributed by atoms with Crippen LogP contribution in [-0.2, 0) is 0 Å². The first-order chi connectivity index (χ1) is 13.0. The molecule has 0 fully saturated rings. The van der Waals surface area contributed by atoms with Crippen molar-refractivity contribution in [1.82, 2.24) is 15.1 Å². The molecule has 1 aromatic heterocycles. The van der Waals surface area contributed by atoms with Crippen LogP contribution in [0.4, 0.5) is 5.69 Å². The SMILES string of the molecule is CCNC(=O)c1cccc(NC(=O)c2c(C)nn(-c3ccccc3)c2Cl)c1. The zero-order valence-corrected chi connectivity index (χ0v) is 15.7. The second-order valence-corrected chi connectivity index (χ2v) is 6.25. The summed E-state index contributed by atoms with van der Waals surface area (Å²) in [4.78, 5) is 24.7. The van der Waals surface area contributed by atoms with E-state index in [1.807, 2.05) is 37.3 Å². The van der Waals surface area contributed by atoms with Crippen molar-refractivity contribution in [3.8, 4) is 5.69 Å². The number of halogens is 1. The van der Waals surface area contributed by atoms with Crippen LogP contribution in [0.3, 0.4) is 0 Å². The van der Waals surface area contributed by atoms with Crippen molar-refractivity contribution in [3.63, 3.8) is 0 Å². The third-order valence-electron chi connectivity index (χ3n) is 3.95. The summed E-state index contributed by atoms with van der Waals surface area (Å²) < 4.78 is 1.52. The summed E-state index contributed by atoms with van der Waals surface area (Å²) in [5.74, 6) is -0.576. The van der Waals surface area contributed by atoms with E-state index in [9.17, 15) is 9.59 Å². The van der Waals surface area contributed by atoms with E-state index in [1.54, 1.807) is 31.2 Å². The van der Waals surface area contributed by atoms with E-state index in [0.717, 1.165) is 5.69 Å². The molecule has 1 heterocycles. The van der Waals surface area contributed by atoms with E-state index in [0.29, 0.717) is 29.1 Å². The Kier molecular flexibility index (Phi) is 5.57. The molecule has 6 nitrogen and oxygen atoms in total. The number of carbonyl (C=O) groups excluding carboxylic acids is 2. The number of carbonyl (C=O) groups is 2. The van der Waals surface area contributed by atoms with Gasteiger partial charge in [0.1, 0.15) is 10.7 Å². The lowest BCUT2D eigenvalue weighted by molar-refractivity contribution is 0.0954. The van der Waals surface area contributed by atoms with Crippen LogP contribution in [-0.4, -0.2) is 28.1 Å². The number of anilines is 1. The fourth-order valence-electron chi connectivity index (χ4n) is 2.69. The van der Waals surface area contributed by atoms with Gasteiger partial charge in [-0.15, -0.1) is 0 Å². The molecule has 3 aromatic rings. The lowest BCUT2D eigenvalue weighted by Gasteiger charge is -2.08. The van der Waals surface area contributed by atoms with Crippen LogP contribution in [0.1, 0.15) is 33.3 Å². The molecule has 138 valence electrons. The largest absolute Gasteiger partial charge is 0.352 e. The molecule has 0 atom stereocenters. The van der Waals surface area contributed by atoms with Gasteiger partial charge in [0, 0.05) is 17.8 Å². The molecule has 0 aliphatic carbocycles. The van der Waals surface area contributed by atoms with E-state index in [4.69, 9.17) is 11.6 Å². The lowest BCUT2D eigenvalue weighted by atomic mass is 10.1. The normalized spacial score (nSPS) is 10.5. The maximum absolute atomic E-state index is 12.8. The quantitative estimate of drug-likeness (QED) is 0.704. The van der Waals surface area contributed by atoms with E-state index in [2.05, 4.69) is 15.7 Å². The van der Waals surface area contributed by atoms with Crippen molar-refractivity contribution in [2.45, 2.75) is 13.8 Å². The lowest BCUT2D eigenvalue weighted by Crippen LogP contribution is -2.22. The number of aromatic nitrogens is 2. The highest BCUT2D eigenvalue weighted by atomic mass is 35.5. The number of aryl methyl sites for hydroxylation is 1. The Morgan fingerprint density at radius 2 is 1.81 bits per heavy atom. The molecule has 0 radical (unpaired) electrons. The van der Waals surface area contributed by atoms with Crippen molar-refractivity contribution in [2.75, 3.05) is 11.9 Å². The van der Waals surface area contributed by atoms with Crippen LogP contribution < -0.4 is 10.6 Å². The van der Waals surface area contributed by atoms with Gasteiger partial charge in [0.25, 0.3) is 11.8 Å². The number of hydrogen-bond acceptors (Lipinski definition) is 3. The van der Waals surface area contributed by atoms with Crippen molar-refractivity contribution >= 4 is 29.1 Å². The predicted octanol–water partition coefficient (Wildman–Crippen LogP) is 3.84. The summed E-state index contributed by atoms with van der Waals surface area (Å²) in [5.41, 5.74) is 2.55. The molecule has 0 spiro atoms. The molecule has 0 saturated carbocycles. The van der Waals surface area contributed by atoms with Crippen molar-refractivity contribution < 1.29 is 9.59 Å². The van der Waals surface area contributed by atoms with E-state index < -0.39 is 0 Å². The van der Waals surface area contributed by atoms with Gasteiger partial charge in [0.05, 0.1) is 11.4 Å². The average molecular weight is 383 g/mol. The molecule has 7 heteroatoms. The maximum atomic E-state index is 12.8. The summed E-state index contributed by atoms with van der Waals surface area (Å²) in [6.45, 7) is 4.10. The van der Waals surface area contributed by atoms with Gasteiger partial charge in [-0.3, -0.25) is 9.59 Å². The molecule has 0 aliphatic rings. The summed E-state index contributed by atoms with van der Waals surface area (Å²) in [6, 6.07) is 16.1. The molecular weight excluding hydrogens is 364 g/mol. The third kappa shape index (κ3) is 4.01. The first-order valence-electron chi connectivity index (χ1n) is 8.51. The number of amides is 2. The van der Waals surface area contributed by atoms with Gasteiger partial charge in [-0.1, -0.05) is 35.9 Å². The summed E-state index contributed by atoms with van der Waals surface area (Å²) >= 11 is 6.42. The Hall–Kier alpha value is -3.12. The van der Waals surface area contributed by atoms with Gasteiger partial charge in [0.2, 0.25) is 0 Å². The van der Waals surface area contributed by atoms with Gasteiger partial charge >= 0.3 is 0 Å². The third-order valence-corrected chi connectivity index (χ3v) is 4.30. The first-order valence-corrected chi connectivity index (χ1v) is 8.89. The average Bonchev–Trinajstić information content (AvgIpc) is 2.97. The van der Waals surface area contributed by atoms with Gasteiger partial charge in [-0.05, 0) is 44.2 Å². The fraction of sp³-hybridized carbons (Fsp3) is 0.150. The number of nitrogens with zero attached hydrogens (tertiary/aromatic N) is 2. The minimum atomic E-state index is -0.382. The molecule has 0 aliphatic heterocycles. The van der Waals surface area contributed by atoms with Crippen LogP contribution in [0.15, 0.2) is 54.6 Å². The molecule has 2 N–H and O–H groups in total. The molecule has 27 heavy (non-hydrogen) atoms. The van der Waals surface area contributed by atoms with Gasteiger partial charge in [0.15, 0.2) is 0 Å². The van der Waals surface area contributed by atoms with Crippen LogP contribution >= 0.6 is 11.6 Å². The Bertz CT molecular complexity index is 983. The van der Waals surface area contributed by atoms with Crippen LogP contribution in [0.25, 0.3) is 5.69 Å². The van der Waals surface area contributed by atoms with Gasteiger partial charge < -0.3 is 10.6 Å². The first kappa shape index (κ1) is 18.7. The highest BCUT2D eigenvalue weighted by Crippen LogP contribution is 2.24. The van der Waals surface area contributed by atoms with Crippen molar-refractivity contribution in [3.05, 3.63) is 76.6 Å². The van der Waals surface area contributed by atoms with E-state index >= 15 is 0 Å². The number of hydrogen-bond donors (Lipinski definition) is 2. The maximum Gasteiger partial charge on any atom is 0.260 e. The number of benzene rings is 2. The topological polar surface area (TPSA) is 76.0 Å². The van der Waals surface area contributed by atoms with Crippen molar-refractivity contribution in [2.24, 2.45) is 0 Å². The number of para-hydroxylation sites is 1. The Morgan fingerprint density at radius 3 is 2.52 bits per heavy atom.